The van der Waals surface area contributed by atoms with Gasteiger partial charge in [-0.15, -0.1) is 0 Å². The zero-order valence-electron chi connectivity index (χ0n) is 7.36. The van der Waals surface area contributed by atoms with E-state index >= 15 is 0 Å². The third-order valence-corrected chi connectivity index (χ3v) is 2.19. The molecular weight excluding hydrogens is 186 g/mol. The van der Waals surface area contributed by atoms with Crippen molar-refractivity contribution in [2.45, 2.75) is 13.3 Å². The second-order valence-electron chi connectivity index (χ2n) is 2.33. The molecule has 1 amide bonds. The van der Waals surface area contributed by atoms with E-state index in [1.165, 1.54) is 11.8 Å². The van der Waals surface area contributed by atoms with E-state index in [4.69, 9.17) is 0 Å². The van der Waals surface area contributed by atoms with Crippen LogP contribution in [-0.4, -0.2) is 21.0 Å². The molecule has 0 saturated carbocycles. The lowest BCUT2D eigenvalue weighted by atomic mass is 10.6. The summed E-state index contributed by atoms with van der Waals surface area (Å²) in [6.45, 7) is 2.03. The molecule has 1 N–H and O–H groups in total. The number of nitrogens with one attached hydrogen (secondary N) is 1. The number of rotatable bonds is 3. The number of aromatic nitrogens is 2. The second kappa shape index (κ2) is 5.53. The van der Waals surface area contributed by atoms with Gasteiger partial charge in [-0.2, -0.15) is 0 Å². The Labute approximate surface area is 81.2 Å². The first-order valence-electron chi connectivity index (χ1n) is 4.03. The molecule has 1 rings (SSSR count). The van der Waals surface area contributed by atoms with E-state index in [9.17, 15) is 4.79 Å². The van der Waals surface area contributed by atoms with Gasteiger partial charge in [0.05, 0.1) is 0 Å². The molecule has 70 valence electrons. The van der Waals surface area contributed by atoms with Crippen LogP contribution >= 0.6 is 11.8 Å². The Balaban J connectivity index is 2.37. The number of anilines is 1. The molecule has 1 aromatic heterocycles. The summed E-state index contributed by atoms with van der Waals surface area (Å²) in [7, 11) is 0. The van der Waals surface area contributed by atoms with Crippen LogP contribution in [0.3, 0.4) is 0 Å². The average Bonchev–Trinajstić information content (AvgIpc) is 2.16. The van der Waals surface area contributed by atoms with Crippen LogP contribution < -0.4 is 5.32 Å². The second-order valence-corrected chi connectivity index (χ2v) is 3.40. The molecule has 0 spiro atoms. The smallest absolute Gasteiger partial charge is 0.285 e. The highest BCUT2D eigenvalue weighted by Gasteiger charge is 2.02. The quantitative estimate of drug-likeness (QED) is 0.806. The van der Waals surface area contributed by atoms with Gasteiger partial charge in [0.25, 0.3) is 5.24 Å². The Kier molecular flexibility index (Phi) is 4.25. The molecule has 0 aliphatic heterocycles. The van der Waals surface area contributed by atoms with Gasteiger partial charge in [0.15, 0.2) is 0 Å². The molecule has 0 fully saturated rings. The molecule has 0 aliphatic carbocycles. The van der Waals surface area contributed by atoms with Crippen LogP contribution in [0.4, 0.5) is 10.7 Å². The number of carbonyl (C=O) groups is 1. The largest absolute Gasteiger partial charge is 0.285 e. The lowest BCUT2D eigenvalue weighted by Crippen LogP contribution is -2.08. The SMILES string of the molecule is CCCSC(=O)Nc1ncccn1. The van der Waals surface area contributed by atoms with Crippen LogP contribution in [0.2, 0.25) is 0 Å². The van der Waals surface area contributed by atoms with Crippen LogP contribution in [-0.2, 0) is 0 Å². The van der Waals surface area contributed by atoms with Gasteiger partial charge in [0.2, 0.25) is 5.95 Å². The standard InChI is InChI=1S/C8H11N3OS/c1-2-6-13-8(12)11-7-9-4-3-5-10-7/h3-5H,2,6H2,1H3,(H,9,10,11,12). The zero-order valence-corrected chi connectivity index (χ0v) is 8.17. The van der Waals surface area contributed by atoms with Gasteiger partial charge in [-0.25, -0.2) is 9.97 Å². The van der Waals surface area contributed by atoms with Gasteiger partial charge >= 0.3 is 0 Å². The average molecular weight is 197 g/mol. The molecule has 1 heterocycles. The summed E-state index contributed by atoms with van der Waals surface area (Å²) in [6, 6.07) is 1.70. The van der Waals surface area contributed by atoms with Crippen molar-refractivity contribution >= 4 is 22.9 Å². The monoisotopic (exact) mass is 197 g/mol. The molecule has 0 aromatic carbocycles. The summed E-state index contributed by atoms with van der Waals surface area (Å²) in [5.41, 5.74) is 0. The highest BCUT2D eigenvalue weighted by Crippen LogP contribution is 2.06. The Bertz CT molecular complexity index is 265. The predicted octanol–water partition coefficient (Wildman–Crippen LogP) is 2.15. The third-order valence-electron chi connectivity index (χ3n) is 1.22. The summed E-state index contributed by atoms with van der Waals surface area (Å²) in [6.07, 6.45) is 4.16. The molecule has 0 radical (unpaired) electrons. The predicted molar refractivity (Wildman–Crippen MR) is 53.8 cm³/mol. The Hall–Kier alpha value is -1.10. The summed E-state index contributed by atoms with van der Waals surface area (Å²) >= 11 is 1.24. The molecule has 0 aliphatic rings. The first-order chi connectivity index (χ1) is 6.33. The van der Waals surface area contributed by atoms with E-state index in [-0.39, 0.29) is 5.24 Å². The number of hydrogen-bond acceptors (Lipinski definition) is 4. The molecule has 0 atom stereocenters. The molecule has 13 heavy (non-hydrogen) atoms. The van der Waals surface area contributed by atoms with Gasteiger partial charge < -0.3 is 0 Å². The molecule has 4 nitrogen and oxygen atoms in total. The molecule has 0 bridgehead atoms. The minimum atomic E-state index is -0.104. The fraction of sp³-hybridized carbons (Fsp3) is 0.375. The third kappa shape index (κ3) is 3.89. The summed E-state index contributed by atoms with van der Waals surface area (Å²) < 4.78 is 0. The summed E-state index contributed by atoms with van der Waals surface area (Å²) in [4.78, 5) is 18.9. The van der Waals surface area contributed by atoms with E-state index in [1.807, 2.05) is 6.92 Å². The number of carbonyl (C=O) groups excluding carboxylic acids is 1. The molecular formula is C8H11N3OS. The van der Waals surface area contributed by atoms with Crippen molar-refractivity contribution in [2.24, 2.45) is 0 Å². The molecule has 5 heteroatoms. The van der Waals surface area contributed by atoms with Crippen molar-refractivity contribution in [1.82, 2.24) is 9.97 Å². The van der Waals surface area contributed by atoms with Crippen molar-refractivity contribution in [3.8, 4) is 0 Å². The maximum absolute atomic E-state index is 11.1. The Morgan fingerprint density at radius 2 is 2.23 bits per heavy atom. The van der Waals surface area contributed by atoms with E-state index in [0.29, 0.717) is 5.95 Å². The number of amides is 1. The van der Waals surface area contributed by atoms with Crippen molar-refractivity contribution in [2.75, 3.05) is 11.1 Å². The van der Waals surface area contributed by atoms with E-state index in [2.05, 4.69) is 15.3 Å². The maximum Gasteiger partial charge on any atom is 0.285 e. The van der Waals surface area contributed by atoms with E-state index < -0.39 is 0 Å². The first kappa shape index (κ1) is 9.98. The zero-order chi connectivity index (χ0) is 9.52. The van der Waals surface area contributed by atoms with Gasteiger partial charge in [-0.05, 0) is 12.5 Å². The summed E-state index contributed by atoms with van der Waals surface area (Å²) in [5.74, 6) is 1.18. The van der Waals surface area contributed by atoms with Crippen LogP contribution in [0.25, 0.3) is 0 Å². The Morgan fingerprint density at radius 3 is 2.85 bits per heavy atom. The van der Waals surface area contributed by atoms with Crippen LogP contribution in [0.5, 0.6) is 0 Å². The van der Waals surface area contributed by atoms with Crippen molar-refractivity contribution in [1.29, 1.82) is 0 Å². The van der Waals surface area contributed by atoms with Gasteiger partial charge in [-0.3, -0.25) is 10.1 Å². The first-order valence-corrected chi connectivity index (χ1v) is 5.02. The Morgan fingerprint density at radius 1 is 1.54 bits per heavy atom. The fourth-order valence-electron chi connectivity index (χ4n) is 0.686. The van der Waals surface area contributed by atoms with Gasteiger partial charge in [0, 0.05) is 18.1 Å². The number of thioether (sulfide) groups is 1. The topological polar surface area (TPSA) is 54.9 Å². The van der Waals surface area contributed by atoms with Crippen LogP contribution in [0.1, 0.15) is 13.3 Å². The molecule has 0 saturated heterocycles. The van der Waals surface area contributed by atoms with Crippen LogP contribution in [0, 0.1) is 0 Å². The van der Waals surface area contributed by atoms with Gasteiger partial charge in [-0.1, -0.05) is 18.7 Å². The van der Waals surface area contributed by atoms with Crippen molar-refractivity contribution in [3.05, 3.63) is 18.5 Å². The number of hydrogen-bond donors (Lipinski definition) is 1. The van der Waals surface area contributed by atoms with Gasteiger partial charge in [0.1, 0.15) is 0 Å². The van der Waals surface area contributed by atoms with Crippen molar-refractivity contribution < 1.29 is 4.79 Å². The van der Waals surface area contributed by atoms with E-state index in [0.717, 1.165) is 12.2 Å². The normalized spacial score (nSPS) is 9.62. The maximum atomic E-state index is 11.1. The lowest BCUT2D eigenvalue weighted by molar-refractivity contribution is 0.269. The molecule has 1 aromatic rings. The molecule has 0 unspecified atom stereocenters. The summed E-state index contributed by atoms with van der Waals surface area (Å²) in [5, 5.41) is 2.47. The van der Waals surface area contributed by atoms with Crippen LogP contribution in [0.15, 0.2) is 18.5 Å². The minimum absolute atomic E-state index is 0.104. The highest BCUT2D eigenvalue weighted by atomic mass is 32.2. The number of nitrogens with zero attached hydrogens (tertiary/aromatic N) is 2. The fourth-order valence-corrected chi connectivity index (χ4v) is 1.24. The minimum Gasteiger partial charge on any atom is -0.285 e. The van der Waals surface area contributed by atoms with E-state index in [1.54, 1.807) is 18.5 Å². The van der Waals surface area contributed by atoms with Crippen molar-refractivity contribution in [3.63, 3.8) is 0 Å². The lowest BCUT2D eigenvalue weighted by Gasteiger charge is -2.00. The highest BCUT2D eigenvalue weighted by molar-refractivity contribution is 8.13.